The third-order valence-electron chi connectivity index (χ3n) is 3.48. The van der Waals surface area contributed by atoms with Crippen molar-refractivity contribution >= 4 is 21.7 Å². The molecule has 7 nitrogen and oxygen atoms in total. The smallest absolute Gasteiger partial charge is 0.326 e. The molecule has 0 aromatic heterocycles. The van der Waals surface area contributed by atoms with E-state index in [0.29, 0.717) is 5.56 Å². The van der Waals surface area contributed by atoms with Crippen LogP contribution in [-0.4, -0.2) is 50.4 Å². The van der Waals surface area contributed by atoms with Crippen molar-refractivity contribution in [1.82, 2.24) is 5.32 Å². The molecule has 1 amide bonds. The molecule has 8 heteroatoms. The monoisotopic (exact) mass is 357 g/mol. The van der Waals surface area contributed by atoms with E-state index in [0.717, 1.165) is 0 Å². The van der Waals surface area contributed by atoms with Crippen LogP contribution in [-0.2, 0) is 30.6 Å². The molecule has 134 valence electrons. The summed E-state index contributed by atoms with van der Waals surface area (Å²) in [5.74, 6) is -1.57. The Labute approximate surface area is 141 Å². The first-order valence-electron chi connectivity index (χ1n) is 7.52. The first kappa shape index (κ1) is 20.1. The number of hydrogen-bond acceptors (Lipinski definition) is 5. The van der Waals surface area contributed by atoms with Crippen LogP contribution in [0.3, 0.4) is 0 Å². The Hall–Kier alpha value is -1.93. The van der Waals surface area contributed by atoms with Crippen LogP contribution in [0, 0.1) is 0 Å². The average molecular weight is 357 g/mol. The van der Waals surface area contributed by atoms with Crippen molar-refractivity contribution in [3.05, 3.63) is 29.8 Å². The quantitative estimate of drug-likeness (QED) is 0.683. The van der Waals surface area contributed by atoms with Gasteiger partial charge < -0.3 is 15.2 Å². The van der Waals surface area contributed by atoms with Crippen molar-refractivity contribution in [3.63, 3.8) is 0 Å². The number of benzene rings is 1. The molecule has 0 saturated carbocycles. The molecule has 0 aliphatic rings. The second kappa shape index (κ2) is 8.79. The average Bonchev–Trinajstić information content (AvgIpc) is 2.51. The molecule has 0 spiro atoms. The first-order chi connectivity index (χ1) is 11.2. The van der Waals surface area contributed by atoms with E-state index in [-0.39, 0.29) is 24.3 Å². The third-order valence-corrected chi connectivity index (χ3v) is 5.65. The molecule has 0 aliphatic carbocycles. The molecule has 0 bridgehead atoms. The highest BCUT2D eigenvalue weighted by Gasteiger charge is 2.21. The van der Waals surface area contributed by atoms with Gasteiger partial charge in [-0.3, -0.25) is 4.79 Å². The van der Waals surface area contributed by atoms with Gasteiger partial charge in [0.1, 0.15) is 6.04 Å². The highest BCUT2D eigenvalue weighted by molar-refractivity contribution is 7.92. The van der Waals surface area contributed by atoms with Crippen LogP contribution >= 0.6 is 0 Å². The lowest BCUT2D eigenvalue weighted by atomic mass is 10.1. The van der Waals surface area contributed by atoms with Gasteiger partial charge in [0.15, 0.2) is 9.84 Å². The van der Waals surface area contributed by atoms with Gasteiger partial charge in [-0.2, -0.15) is 0 Å². The molecular formula is C16H23NO6S. The Balaban J connectivity index is 2.72. The Morgan fingerprint density at radius 1 is 1.21 bits per heavy atom. The molecule has 0 heterocycles. The number of carboxylic acid groups (broad SMARTS) is 1. The van der Waals surface area contributed by atoms with Gasteiger partial charge in [-0.25, -0.2) is 13.2 Å². The van der Waals surface area contributed by atoms with E-state index < -0.39 is 33.0 Å². The molecule has 1 rings (SSSR count). The van der Waals surface area contributed by atoms with Crippen LogP contribution < -0.4 is 5.32 Å². The van der Waals surface area contributed by atoms with Crippen molar-refractivity contribution in [2.45, 2.75) is 42.9 Å². The maximum atomic E-state index is 12.0. The molecule has 1 aromatic rings. The van der Waals surface area contributed by atoms with Crippen LogP contribution in [0.4, 0.5) is 0 Å². The lowest BCUT2D eigenvalue weighted by molar-refractivity contribution is -0.142. The largest absolute Gasteiger partial charge is 0.480 e. The van der Waals surface area contributed by atoms with Crippen molar-refractivity contribution < 1.29 is 27.9 Å². The highest BCUT2D eigenvalue weighted by Crippen LogP contribution is 2.16. The molecule has 2 N–H and O–H groups in total. The SMILES string of the molecule is COCCC(NC(=O)Cc1ccc(S(=O)(=O)C(C)C)cc1)C(=O)O. The van der Waals surface area contributed by atoms with Crippen LogP contribution in [0.25, 0.3) is 0 Å². The Morgan fingerprint density at radius 2 is 1.79 bits per heavy atom. The molecule has 0 fully saturated rings. The topological polar surface area (TPSA) is 110 Å². The normalized spacial score (nSPS) is 12.8. The lowest BCUT2D eigenvalue weighted by Gasteiger charge is -2.14. The zero-order valence-electron chi connectivity index (χ0n) is 14.0. The molecular weight excluding hydrogens is 334 g/mol. The predicted molar refractivity (Wildman–Crippen MR) is 88.5 cm³/mol. The Kier molecular flexibility index (Phi) is 7.37. The molecule has 0 radical (unpaired) electrons. The predicted octanol–water partition coefficient (Wildman–Crippen LogP) is 1.02. The molecule has 1 unspecified atom stereocenters. The zero-order chi connectivity index (χ0) is 18.3. The molecule has 0 saturated heterocycles. The van der Waals surface area contributed by atoms with Crippen molar-refractivity contribution in [2.75, 3.05) is 13.7 Å². The fraction of sp³-hybridized carbons (Fsp3) is 0.500. The van der Waals surface area contributed by atoms with E-state index in [1.807, 2.05) is 0 Å². The Bertz CT molecular complexity index is 666. The van der Waals surface area contributed by atoms with Gasteiger partial charge in [0.05, 0.1) is 16.6 Å². The number of carbonyl (C=O) groups excluding carboxylic acids is 1. The fourth-order valence-corrected chi connectivity index (χ4v) is 3.05. The summed E-state index contributed by atoms with van der Waals surface area (Å²) in [6, 6.07) is 5.01. The number of carboxylic acids is 1. The fourth-order valence-electron chi connectivity index (χ4n) is 1.99. The first-order valence-corrected chi connectivity index (χ1v) is 9.07. The molecule has 1 aromatic carbocycles. The number of hydrogen-bond donors (Lipinski definition) is 2. The summed E-state index contributed by atoms with van der Waals surface area (Å²) in [5.41, 5.74) is 0.603. The van der Waals surface area contributed by atoms with Gasteiger partial charge in [-0.15, -0.1) is 0 Å². The second-order valence-electron chi connectivity index (χ2n) is 5.65. The number of rotatable bonds is 9. The minimum Gasteiger partial charge on any atom is -0.480 e. The molecule has 0 aliphatic heterocycles. The molecule has 1 atom stereocenters. The van der Waals surface area contributed by atoms with Crippen LogP contribution in [0.5, 0.6) is 0 Å². The van der Waals surface area contributed by atoms with Gasteiger partial charge in [-0.05, 0) is 31.5 Å². The lowest BCUT2D eigenvalue weighted by Crippen LogP contribution is -2.42. The summed E-state index contributed by atoms with van der Waals surface area (Å²) in [6.07, 6.45) is 0.141. The van der Waals surface area contributed by atoms with E-state index in [1.54, 1.807) is 26.0 Å². The summed E-state index contributed by atoms with van der Waals surface area (Å²) in [7, 11) is -1.90. The van der Waals surface area contributed by atoms with E-state index in [9.17, 15) is 18.0 Å². The second-order valence-corrected chi connectivity index (χ2v) is 8.16. The van der Waals surface area contributed by atoms with Gasteiger partial charge >= 0.3 is 5.97 Å². The maximum Gasteiger partial charge on any atom is 0.326 e. The van der Waals surface area contributed by atoms with Gasteiger partial charge in [0, 0.05) is 20.1 Å². The number of nitrogens with one attached hydrogen (secondary N) is 1. The number of methoxy groups -OCH3 is 1. The summed E-state index contributed by atoms with van der Waals surface area (Å²) < 4.78 is 28.9. The summed E-state index contributed by atoms with van der Waals surface area (Å²) in [5, 5.41) is 11.0. The third kappa shape index (κ3) is 5.61. The number of aliphatic carboxylic acids is 1. The molecule has 24 heavy (non-hydrogen) atoms. The minimum atomic E-state index is -3.35. The summed E-state index contributed by atoms with van der Waals surface area (Å²) >= 11 is 0. The van der Waals surface area contributed by atoms with Crippen LogP contribution in [0.15, 0.2) is 29.2 Å². The number of amides is 1. The standard InChI is InChI=1S/C16H23NO6S/c1-11(2)24(21,22)13-6-4-12(5-7-13)10-15(18)17-14(16(19)20)8-9-23-3/h4-7,11,14H,8-10H2,1-3H3,(H,17,18)(H,19,20). The summed E-state index contributed by atoms with van der Waals surface area (Å²) in [4.78, 5) is 23.2. The van der Waals surface area contributed by atoms with Crippen LogP contribution in [0.2, 0.25) is 0 Å². The van der Waals surface area contributed by atoms with Crippen molar-refractivity contribution in [1.29, 1.82) is 0 Å². The number of sulfone groups is 1. The zero-order valence-corrected chi connectivity index (χ0v) is 14.8. The van der Waals surface area contributed by atoms with E-state index >= 15 is 0 Å². The van der Waals surface area contributed by atoms with Crippen molar-refractivity contribution in [3.8, 4) is 0 Å². The van der Waals surface area contributed by atoms with Crippen molar-refractivity contribution in [2.24, 2.45) is 0 Å². The highest BCUT2D eigenvalue weighted by atomic mass is 32.2. The maximum absolute atomic E-state index is 12.0. The van der Waals surface area contributed by atoms with E-state index in [2.05, 4.69) is 5.32 Å². The van der Waals surface area contributed by atoms with Gasteiger partial charge in [0.25, 0.3) is 0 Å². The van der Waals surface area contributed by atoms with Crippen LogP contribution in [0.1, 0.15) is 25.8 Å². The Morgan fingerprint density at radius 3 is 2.25 bits per heavy atom. The number of ether oxygens (including phenoxy) is 1. The van der Waals surface area contributed by atoms with E-state index in [1.165, 1.54) is 19.2 Å². The number of carbonyl (C=O) groups is 2. The van der Waals surface area contributed by atoms with E-state index in [4.69, 9.17) is 9.84 Å². The van der Waals surface area contributed by atoms with Gasteiger partial charge in [-0.1, -0.05) is 12.1 Å². The summed E-state index contributed by atoms with van der Waals surface area (Å²) in [6.45, 7) is 3.42. The van der Waals surface area contributed by atoms with Gasteiger partial charge in [0.2, 0.25) is 5.91 Å². The minimum absolute atomic E-state index is 0.0290.